The first-order chi connectivity index (χ1) is 13.9. The minimum atomic E-state index is -3.78. The van der Waals surface area contributed by atoms with Crippen LogP contribution in [0.25, 0.3) is 0 Å². The van der Waals surface area contributed by atoms with Gasteiger partial charge in [-0.25, -0.2) is 8.42 Å². The van der Waals surface area contributed by atoms with Gasteiger partial charge in [-0.2, -0.15) is 4.31 Å². The van der Waals surface area contributed by atoms with Gasteiger partial charge in [-0.15, -0.1) is 0 Å². The number of sulfonamides is 1. The summed E-state index contributed by atoms with van der Waals surface area (Å²) in [6, 6.07) is 8.55. The zero-order valence-corrected chi connectivity index (χ0v) is 16.4. The van der Waals surface area contributed by atoms with E-state index >= 15 is 0 Å². The van der Waals surface area contributed by atoms with E-state index in [9.17, 15) is 18.5 Å². The van der Waals surface area contributed by atoms with E-state index < -0.39 is 20.6 Å². The molecule has 0 radical (unpaired) electrons. The lowest BCUT2D eigenvalue weighted by Crippen LogP contribution is -2.35. The summed E-state index contributed by atoms with van der Waals surface area (Å²) >= 11 is 0. The van der Waals surface area contributed by atoms with Crippen molar-refractivity contribution in [3.63, 3.8) is 0 Å². The van der Waals surface area contributed by atoms with Crippen molar-refractivity contribution in [1.29, 1.82) is 0 Å². The molecule has 0 unspecified atom stereocenters. The molecule has 0 atom stereocenters. The Bertz CT molecular complexity index is 1030. The Hall–Kier alpha value is -2.85. The summed E-state index contributed by atoms with van der Waals surface area (Å²) < 4.78 is 43.6. The summed E-state index contributed by atoms with van der Waals surface area (Å²) in [7, 11) is -3.78. The topological polar surface area (TPSA) is 108 Å². The number of benzene rings is 2. The molecule has 0 bridgehead atoms. The highest BCUT2D eigenvalue weighted by molar-refractivity contribution is 7.89. The van der Waals surface area contributed by atoms with Crippen LogP contribution in [-0.2, 0) is 10.0 Å². The molecule has 0 N–H and O–H groups in total. The zero-order chi connectivity index (χ0) is 20.4. The summed E-state index contributed by atoms with van der Waals surface area (Å²) in [6.45, 7) is 1.70. The van der Waals surface area contributed by atoms with Crippen molar-refractivity contribution in [2.75, 3.05) is 26.3 Å². The van der Waals surface area contributed by atoms with Crippen molar-refractivity contribution in [1.82, 2.24) is 4.31 Å². The average molecular weight is 420 g/mol. The molecule has 2 aliphatic heterocycles. The van der Waals surface area contributed by atoms with Crippen LogP contribution in [0, 0.1) is 10.1 Å². The number of piperidine rings is 1. The van der Waals surface area contributed by atoms with E-state index in [1.54, 1.807) is 18.2 Å². The second kappa shape index (κ2) is 7.88. The average Bonchev–Trinajstić information content (AvgIpc) is 2.74. The van der Waals surface area contributed by atoms with Gasteiger partial charge in [-0.3, -0.25) is 10.1 Å². The minimum Gasteiger partial charge on any atom is -0.486 e. The Morgan fingerprint density at radius 2 is 1.69 bits per heavy atom. The molecule has 0 saturated carbocycles. The molecule has 4 rings (SSSR count). The van der Waals surface area contributed by atoms with Gasteiger partial charge in [0.25, 0.3) is 0 Å². The molecule has 0 aliphatic carbocycles. The molecule has 2 aliphatic rings. The number of ether oxygens (including phenoxy) is 3. The quantitative estimate of drug-likeness (QED) is 0.539. The van der Waals surface area contributed by atoms with Gasteiger partial charge in [0.15, 0.2) is 11.5 Å². The lowest BCUT2D eigenvalue weighted by Gasteiger charge is -2.25. The van der Waals surface area contributed by atoms with Crippen molar-refractivity contribution in [3.8, 4) is 23.0 Å². The number of hydrogen-bond donors (Lipinski definition) is 0. The molecule has 1 fully saturated rings. The van der Waals surface area contributed by atoms with Gasteiger partial charge < -0.3 is 14.2 Å². The van der Waals surface area contributed by atoms with Gasteiger partial charge in [0.1, 0.15) is 19.0 Å². The van der Waals surface area contributed by atoms with Crippen LogP contribution in [0.2, 0.25) is 0 Å². The summed E-state index contributed by atoms with van der Waals surface area (Å²) in [6.07, 6.45) is 2.55. The molecule has 29 heavy (non-hydrogen) atoms. The fraction of sp³-hybridized carbons (Fsp3) is 0.368. The van der Waals surface area contributed by atoms with Crippen LogP contribution in [0.4, 0.5) is 5.69 Å². The first-order valence-corrected chi connectivity index (χ1v) is 10.8. The predicted molar refractivity (Wildman–Crippen MR) is 103 cm³/mol. The van der Waals surface area contributed by atoms with Crippen LogP contribution in [0.15, 0.2) is 41.3 Å². The van der Waals surface area contributed by atoms with E-state index in [2.05, 4.69) is 0 Å². The number of fused-ring (bicyclic) bond motifs is 1. The highest BCUT2D eigenvalue weighted by Crippen LogP contribution is 2.38. The SMILES string of the molecule is O=[N+]([O-])c1cc(S(=O)(=O)N2CCCCC2)ccc1Oc1ccc2c(c1)OCCO2. The molecule has 154 valence electrons. The molecular weight excluding hydrogens is 400 g/mol. The largest absolute Gasteiger partial charge is 0.486 e. The number of hydrogen-bond acceptors (Lipinski definition) is 7. The fourth-order valence-electron chi connectivity index (χ4n) is 3.36. The number of nitro groups is 1. The second-order valence-electron chi connectivity index (χ2n) is 6.76. The molecule has 9 nitrogen and oxygen atoms in total. The van der Waals surface area contributed by atoms with Crippen molar-refractivity contribution in [2.45, 2.75) is 24.2 Å². The van der Waals surface area contributed by atoms with Crippen molar-refractivity contribution in [2.24, 2.45) is 0 Å². The van der Waals surface area contributed by atoms with E-state index in [1.807, 2.05) is 0 Å². The van der Waals surface area contributed by atoms with E-state index in [1.165, 1.54) is 16.4 Å². The lowest BCUT2D eigenvalue weighted by molar-refractivity contribution is -0.385. The van der Waals surface area contributed by atoms with E-state index in [0.717, 1.165) is 25.3 Å². The molecule has 0 spiro atoms. The Morgan fingerprint density at radius 1 is 0.966 bits per heavy atom. The summed E-state index contributed by atoms with van der Waals surface area (Å²) in [4.78, 5) is 10.8. The number of rotatable bonds is 5. The lowest BCUT2D eigenvalue weighted by atomic mass is 10.2. The first-order valence-electron chi connectivity index (χ1n) is 9.31. The molecular formula is C19H20N2O7S. The zero-order valence-electron chi connectivity index (χ0n) is 15.6. The smallest absolute Gasteiger partial charge is 0.312 e. The van der Waals surface area contributed by atoms with Crippen molar-refractivity contribution in [3.05, 3.63) is 46.5 Å². The monoisotopic (exact) mass is 420 g/mol. The Labute approximate surface area is 168 Å². The standard InChI is InChI=1S/C19H20N2O7S/c22-21(23)16-13-15(29(24,25)20-8-2-1-3-9-20)5-7-17(16)28-14-4-6-18-19(12-14)27-11-10-26-18/h4-7,12-13H,1-3,8-11H2. The van der Waals surface area contributed by atoms with Gasteiger partial charge in [0.05, 0.1) is 9.82 Å². The predicted octanol–water partition coefficient (Wildman–Crippen LogP) is 3.33. The summed E-state index contributed by atoms with van der Waals surface area (Å²) in [5.74, 6) is 1.33. The normalized spacial score (nSPS) is 17.0. The van der Waals surface area contributed by atoms with Crippen LogP contribution in [0.5, 0.6) is 23.0 Å². The third kappa shape index (κ3) is 3.99. The highest BCUT2D eigenvalue weighted by atomic mass is 32.2. The van der Waals surface area contributed by atoms with Crippen LogP contribution in [-0.4, -0.2) is 43.9 Å². The van der Waals surface area contributed by atoms with E-state index in [0.29, 0.717) is 43.6 Å². The Morgan fingerprint density at radius 3 is 2.41 bits per heavy atom. The molecule has 10 heteroatoms. The maximum Gasteiger partial charge on any atom is 0.312 e. The third-order valence-electron chi connectivity index (χ3n) is 4.82. The third-order valence-corrected chi connectivity index (χ3v) is 6.72. The maximum atomic E-state index is 12.8. The molecule has 2 heterocycles. The van der Waals surface area contributed by atoms with Gasteiger partial charge >= 0.3 is 5.69 Å². The van der Waals surface area contributed by atoms with E-state index in [4.69, 9.17) is 14.2 Å². The van der Waals surface area contributed by atoms with Crippen LogP contribution in [0.1, 0.15) is 19.3 Å². The number of nitro benzene ring substituents is 1. The first kappa shape index (κ1) is 19.5. The molecule has 0 amide bonds. The fourth-order valence-corrected chi connectivity index (χ4v) is 4.89. The van der Waals surface area contributed by atoms with Gasteiger partial charge in [-0.1, -0.05) is 6.42 Å². The molecule has 2 aromatic rings. The van der Waals surface area contributed by atoms with Crippen molar-refractivity contribution >= 4 is 15.7 Å². The summed E-state index contributed by atoms with van der Waals surface area (Å²) in [5.41, 5.74) is -0.419. The second-order valence-corrected chi connectivity index (χ2v) is 8.70. The summed E-state index contributed by atoms with van der Waals surface area (Å²) in [5, 5.41) is 11.6. The number of nitrogens with zero attached hydrogens (tertiary/aromatic N) is 2. The minimum absolute atomic E-state index is 0.0516. The molecule has 0 aromatic heterocycles. The maximum absolute atomic E-state index is 12.8. The van der Waals surface area contributed by atoms with Crippen LogP contribution in [0.3, 0.4) is 0 Å². The van der Waals surface area contributed by atoms with Gasteiger partial charge in [-0.05, 0) is 37.1 Å². The van der Waals surface area contributed by atoms with Gasteiger partial charge in [0, 0.05) is 25.2 Å². The molecule has 1 saturated heterocycles. The van der Waals surface area contributed by atoms with E-state index in [-0.39, 0.29) is 10.6 Å². The Kier molecular flexibility index (Phi) is 5.29. The Balaban J connectivity index is 1.64. The van der Waals surface area contributed by atoms with Crippen LogP contribution >= 0.6 is 0 Å². The van der Waals surface area contributed by atoms with Crippen LogP contribution < -0.4 is 14.2 Å². The highest BCUT2D eigenvalue weighted by Gasteiger charge is 2.29. The van der Waals surface area contributed by atoms with Crippen molar-refractivity contribution < 1.29 is 27.6 Å². The molecule has 2 aromatic carbocycles. The van der Waals surface area contributed by atoms with Gasteiger partial charge in [0.2, 0.25) is 15.8 Å².